The lowest BCUT2D eigenvalue weighted by Gasteiger charge is -2.25. The Hall–Kier alpha value is -2.82. The number of carbonyl (C=O) groups excluding carboxylic acids is 2. The van der Waals surface area contributed by atoms with Gasteiger partial charge in [0.25, 0.3) is 5.91 Å². The molecule has 2 aromatic carbocycles. The number of ether oxygens (including phenoxy) is 1. The number of nitrogens with one attached hydrogen (secondary N) is 2. The van der Waals surface area contributed by atoms with Crippen molar-refractivity contribution in [3.63, 3.8) is 0 Å². The number of hydrogen-bond donors (Lipinski definition) is 2. The molecule has 1 aliphatic heterocycles. The Kier molecular flexibility index (Phi) is 3.33. The monoisotopic (exact) mass is 296 g/mol. The molecule has 1 aliphatic rings. The number of fused-ring (bicyclic) bond motifs is 1. The third-order valence-corrected chi connectivity index (χ3v) is 3.87. The van der Waals surface area contributed by atoms with Crippen LogP contribution < -0.4 is 10.6 Å². The van der Waals surface area contributed by atoms with Gasteiger partial charge in [-0.3, -0.25) is 4.79 Å². The number of methoxy groups -OCH3 is 1. The fourth-order valence-corrected chi connectivity index (χ4v) is 2.62. The maximum atomic E-state index is 12.3. The van der Waals surface area contributed by atoms with Gasteiger partial charge in [0.05, 0.1) is 12.7 Å². The molecule has 22 heavy (non-hydrogen) atoms. The molecule has 0 bridgehead atoms. The highest BCUT2D eigenvalue weighted by atomic mass is 16.5. The third-order valence-electron chi connectivity index (χ3n) is 3.87. The number of carbonyl (C=O) groups is 2. The second-order valence-electron chi connectivity index (χ2n) is 5.32. The molecule has 2 N–H and O–H groups in total. The number of anilines is 2. The topological polar surface area (TPSA) is 67.4 Å². The second kappa shape index (κ2) is 5.18. The molecule has 112 valence electrons. The van der Waals surface area contributed by atoms with Crippen molar-refractivity contribution in [3.8, 4) is 0 Å². The first kappa shape index (κ1) is 14.1. The van der Waals surface area contributed by atoms with Crippen LogP contribution in [0.5, 0.6) is 0 Å². The molecular formula is C17H16N2O3. The molecule has 0 aliphatic carbocycles. The number of para-hydroxylation sites is 1. The van der Waals surface area contributed by atoms with Crippen molar-refractivity contribution in [2.24, 2.45) is 0 Å². The number of amides is 1. The van der Waals surface area contributed by atoms with E-state index in [1.807, 2.05) is 31.2 Å². The SMILES string of the molecule is COC(=O)c1ccc(NC2(C)C(=O)Nc3ccccc32)cc1. The summed E-state index contributed by atoms with van der Waals surface area (Å²) in [6.45, 7) is 1.84. The van der Waals surface area contributed by atoms with E-state index >= 15 is 0 Å². The Morgan fingerprint density at radius 2 is 1.82 bits per heavy atom. The van der Waals surface area contributed by atoms with E-state index in [2.05, 4.69) is 15.4 Å². The average molecular weight is 296 g/mol. The first-order chi connectivity index (χ1) is 10.5. The summed E-state index contributed by atoms with van der Waals surface area (Å²) in [6.07, 6.45) is 0. The summed E-state index contributed by atoms with van der Waals surface area (Å²) < 4.78 is 4.67. The molecule has 0 saturated heterocycles. The molecule has 0 spiro atoms. The minimum atomic E-state index is -0.844. The second-order valence-corrected chi connectivity index (χ2v) is 5.32. The minimum absolute atomic E-state index is 0.106. The van der Waals surface area contributed by atoms with Crippen molar-refractivity contribution in [1.82, 2.24) is 0 Å². The van der Waals surface area contributed by atoms with E-state index in [4.69, 9.17) is 0 Å². The summed E-state index contributed by atoms with van der Waals surface area (Å²) in [6, 6.07) is 14.4. The van der Waals surface area contributed by atoms with Crippen molar-refractivity contribution >= 4 is 23.3 Å². The molecule has 1 unspecified atom stereocenters. The fourth-order valence-electron chi connectivity index (χ4n) is 2.62. The fraction of sp³-hybridized carbons (Fsp3) is 0.176. The Labute approximate surface area is 128 Å². The number of esters is 1. The summed E-state index contributed by atoms with van der Waals surface area (Å²) in [5.41, 5.74) is 2.09. The lowest BCUT2D eigenvalue weighted by molar-refractivity contribution is -0.119. The Bertz CT molecular complexity index is 740. The van der Waals surface area contributed by atoms with Crippen LogP contribution in [0.25, 0.3) is 0 Å². The minimum Gasteiger partial charge on any atom is -0.465 e. The lowest BCUT2D eigenvalue weighted by atomic mass is 9.93. The highest BCUT2D eigenvalue weighted by molar-refractivity contribution is 6.07. The maximum absolute atomic E-state index is 12.3. The average Bonchev–Trinajstić information content (AvgIpc) is 2.79. The van der Waals surface area contributed by atoms with E-state index in [-0.39, 0.29) is 11.9 Å². The molecule has 0 fully saturated rings. The van der Waals surface area contributed by atoms with Crippen LogP contribution in [0.1, 0.15) is 22.8 Å². The standard InChI is InChI=1S/C17H16N2O3/c1-17(13-5-3-4-6-14(13)18-16(17)21)19-12-9-7-11(8-10-12)15(20)22-2/h3-10,19H,1-2H3,(H,18,21). The summed E-state index contributed by atoms with van der Waals surface area (Å²) in [5, 5.41) is 6.11. The van der Waals surface area contributed by atoms with Crippen molar-refractivity contribution in [2.45, 2.75) is 12.5 Å². The van der Waals surface area contributed by atoms with Crippen LogP contribution in [0, 0.1) is 0 Å². The number of benzene rings is 2. The van der Waals surface area contributed by atoms with Crippen molar-refractivity contribution in [3.05, 3.63) is 59.7 Å². The first-order valence-electron chi connectivity index (χ1n) is 6.92. The quantitative estimate of drug-likeness (QED) is 0.855. The van der Waals surface area contributed by atoms with Gasteiger partial charge in [-0.2, -0.15) is 0 Å². The Balaban J connectivity index is 1.89. The van der Waals surface area contributed by atoms with E-state index in [9.17, 15) is 9.59 Å². The molecular weight excluding hydrogens is 280 g/mol. The molecule has 0 aromatic heterocycles. The van der Waals surface area contributed by atoms with Gasteiger partial charge in [0.1, 0.15) is 5.54 Å². The third kappa shape index (κ3) is 2.20. The highest BCUT2D eigenvalue weighted by Gasteiger charge is 2.42. The normalized spacial score (nSPS) is 19.3. The van der Waals surface area contributed by atoms with Crippen molar-refractivity contribution < 1.29 is 14.3 Å². The number of hydrogen-bond acceptors (Lipinski definition) is 4. The zero-order chi connectivity index (χ0) is 15.7. The van der Waals surface area contributed by atoms with E-state index < -0.39 is 5.54 Å². The summed E-state index contributed by atoms with van der Waals surface area (Å²) in [7, 11) is 1.34. The molecule has 2 aromatic rings. The van der Waals surface area contributed by atoms with E-state index in [0.717, 1.165) is 16.9 Å². The maximum Gasteiger partial charge on any atom is 0.337 e. The van der Waals surface area contributed by atoms with Crippen LogP contribution >= 0.6 is 0 Å². The smallest absolute Gasteiger partial charge is 0.337 e. The molecule has 0 saturated carbocycles. The Morgan fingerprint density at radius 3 is 2.50 bits per heavy atom. The van der Waals surface area contributed by atoms with Crippen molar-refractivity contribution in [2.75, 3.05) is 17.7 Å². The van der Waals surface area contributed by atoms with Gasteiger partial charge in [0.15, 0.2) is 0 Å². The molecule has 1 heterocycles. The molecule has 5 nitrogen and oxygen atoms in total. The molecule has 1 amide bonds. The van der Waals surface area contributed by atoms with Gasteiger partial charge in [-0.25, -0.2) is 4.79 Å². The summed E-state index contributed by atoms with van der Waals surface area (Å²) in [5.74, 6) is -0.493. The largest absolute Gasteiger partial charge is 0.465 e. The van der Waals surface area contributed by atoms with Gasteiger partial charge in [0, 0.05) is 16.9 Å². The molecule has 3 rings (SSSR count). The summed E-state index contributed by atoms with van der Waals surface area (Å²) >= 11 is 0. The van der Waals surface area contributed by atoms with Gasteiger partial charge in [-0.05, 0) is 37.3 Å². The first-order valence-corrected chi connectivity index (χ1v) is 6.92. The van der Waals surface area contributed by atoms with Crippen LogP contribution in [-0.4, -0.2) is 19.0 Å². The van der Waals surface area contributed by atoms with E-state index in [1.54, 1.807) is 24.3 Å². The summed E-state index contributed by atoms with van der Waals surface area (Å²) in [4.78, 5) is 23.8. The van der Waals surface area contributed by atoms with Gasteiger partial charge >= 0.3 is 5.97 Å². The van der Waals surface area contributed by atoms with Gasteiger partial charge in [-0.1, -0.05) is 18.2 Å². The predicted octanol–water partition coefficient (Wildman–Crippen LogP) is 2.75. The zero-order valence-corrected chi connectivity index (χ0v) is 12.3. The molecule has 1 atom stereocenters. The van der Waals surface area contributed by atoms with Crippen molar-refractivity contribution in [1.29, 1.82) is 0 Å². The van der Waals surface area contributed by atoms with Crippen LogP contribution in [0.3, 0.4) is 0 Å². The van der Waals surface area contributed by atoms with Crippen LogP contribution in [-0.2, 0) is 15.1 Å². The van der Waals surface area contributed by atoms with Crippen LogP contribution in [0.15, 0.2) is 48.5 Å². The van der Waals surface area contributed by atoms with E-state index in [0.29, 0.717) is 5.56 Å². The van der Waals surface area contributed by atoms with Gasteiger partial charge in [-0.15, -0.1) is 0 Å². The van der Waals surface area contributed by atoms with Crippen LogP contribution in [0.4, 0.5) is 11.4 Å². The van der Waals surface area contributed by atoms with Gasteiger partial charge in [0.2, 0.25) is 0 Å². The van der Waals surface area contributed by atoms with Gasteiger partial charge < -0.3 is 15.4 Å². The van der Waals surface area contributed by atoms with E-state index in [1.165, 1.54) is 7.11 Å². The Morgan fingerprint density at radius 1 is 1.14 bits per heavy atom. The lowest BCUT2D eigenvalue weighted by Crippen LogP contribution is -2.39. The van der Waals surface area contributed by atoms with Crippen LogP contribution in [0.2, 0.25) is 0 Å². The molecule has 5 heteroatoms. The highest BCUT2D eigenvalue weighted by Crippen LogP contribution is 2.37. The number of rotatable bonds is 3. The predicted molar refractivity (Wildman–Crippen MR) is 83.8 cm³/mol. The molecule has 0 radical (unpaired) electrons. The zero-order valence-electron chi connectivity index (χ0n) is 12.3.